The molecule has 16 aromatic carbocycles. The molecule has 0 spiro atoms. The van der Waals surface area contributed by atoms with Gasteiger partial charge >= 0.3 is 0 Å². The maximum absolute atomic E-state index is 10.4. The average Bonchev–Trinajstić information content (AvgIpc) is 1.06. The highest BCUT2D eigenvalue weighted by Gasteiger charge is 2.47. The SMILES string of the molecule is [2H]c1c([2H])c([2H])c2c(c1[2H])c1c([2H])c([2H])c([2H])c([2H])c1n2-c1ccc2c(c1)N(c1c(-c3ccccc3)cc(C(C)(C)C)cc1-c1ccccc1)c1cc(-n3c4c([2H])c([2H])c([2H])c([2H])c4c4c([2H])c([2H])c([2H])c([2H])c43)cc3c1B2c1ccc(-n2c4c([2H])c([2H])c([2H])c([2H])c4c4c([2H])c([2H])c([2H])c([2H])c42)cc1N3c1c(-c2ccccc2)cc(C(C)(C)C)cc1-c1nc(-c2ccccc2)nc(-c2ccccc2)n1. The molecule has 116 heavy (non-hydrogen) atoms. The van der Waals surface area contributed by atoms with Crippen molar-refractivity contribution in [2.24, 2.45) is 0 Å². The van der Waals surface area contributed by atoms with Crippen molar-refractivity contribution in [2.75, 3.05) is 9.80 Å². The Morgan fingerprint density at radius 1 is 0.267 bits per heavy atom. The van der Waals surface area contributed by atoms with Crippen LogP contribution in [0, 0.1) is 0 Å². The fourth-order valence-electron chi connectivity index (χ4n) is 17.1. The smallest absolute Gasteiger partial charge is 0.252 e. The maximum Gasteiger partial charge on any atom is 0.252 e. The highest BCUT2D eigenvalue weighted by Crippen LogP contribution is 2.56. The van der Waals surface area contributed by atoms with Crippen LogP contribution in [-0.4, -0.2) is 35.4 Å². The molecule has 0 saturated heterocycles. The minimum absolute atomic E-state index is 0.00592. The van der Waals surface area contributed by atoms with Crippen molar-refractivity contribution in [3.63, 3.8) is 0 Å². The van der Waals surface area contributed by atoms with Gasteiger partial charge in [-0.05, 0) is 152 Å². The summed E-state index contributed by atoms with van der Waals surface area (Å²) < 4.78 is 238. The van der Waals surface area contributed by atoms with Gasteiger partial charge in [0.25, 0.3) is 6.71 Å². The van der Waals surface area contributed by atoms with Crippen molar-refractivity contribution in [1.82, 2.24) is 28.7 Å². The molecular formula is C107H79BN8. The standard InChI is InChI=1S/C107H79BN8/c1-106(2,3)73-60-84(68-34-12-7-13-35-68)101(85(61-73)69-36-14-8-15-37-69)115-96-64-75(112-90-50-28-22-44-78(90)79-45-23-29-51-91(79)112)56-58-88(96)108-89-59-57-76(113-92-52-30-24-46-80(92)81-47-25-31-53-93(81)113)65-97(89)116(99-67-77(66-98(115)100(99)108)114-94-54-32-26-48-82(94)83-49-27-33-55-95(83)114)102-86(70-38-16-9-17-39-70)62-74(107(4,5)6)63-87(102)105-110-103(71-40-18-10-19-41-71)109-104(111-105)72-42-20-11-21-43-72/h7-67H,1-6H3/i22D,23D,24D,25D,26D,27D,28D,29D,30D,31D,32D,33D,44D,45D,46D,47D,48D,49D,50D,51D,52D,53D,54D,55D. The van der Waals surface area contributed by atoms with Gasteiger partial charge in [-0.2, -0.15) is 0 Å². The molecule has 2 aliphatic rings. The molecular weight excluding hydrogens is 1410 g/mol. The molecule has 0 fully saturated rings. The maximum atomic E-state index is 10.4. The van der Waals surface area contributed by atoms with Crippen molar-refractivity contribution in [2.45, 2.75) is 52.4 Å². The third-order valence-electron chi connectivity index (χ3n) is 22.5. The summed E-state index contributed by atoms with van der Waals surface area (Å²) in [7, 11) is 0. The Bertz CT molecular complexity index is 8540. The molecule has 8 nitrogen and oxygen atoms in total. The molecule has 0 unspecified atom stereocenters. The van der Waals surface area contributed by atoms with E-state index in [-0.39, 0.29) is 117 Å². The number of rotatable bonds is 11. The molecule has 22 rings (SSSR count). The lowest BCUT2D eigenvalue weighted by Crippen LogP contribution is -2.61. The van der Waals surface area contributed by atoms with Crippen LogP contribution in [0.4, 0.5) is 34.1 Å². The van der Waals surface area contributed by atoms with Crippen LogP contribution in [0.1, 0.15) is 85.6 Å². The van der Waals surface area contributed by atoms with E-state index in [2.05, 4.69) is 64.6 Å². The zero-order valence-corrected chi connectivity index (χ0v) is 63.5. The Labute approximate surface area is 708 Å². The number of para-hydroxylation sites is 6. The van der Waals surface area contributed by atoms with E-state index in [0.717, 1.165) is 11.1 Å². The summed E-state index contributed by atoms with van der Waals surface area (Å²) >= 11 is 0. The number of benzene rings is 16. The number of hydrogen-bond acceptors (Lipinski definition) is 5. The zero-order chi connectivity index (χ0) is 98.5. The number of hydrogen-bond donors (Lipinski definition) is 0. The van der Waals surface area contributed by atoms with Gasteiger partial charge in [0, 0.05) is 99.8 Å². The molecule has 550 valence electrons. The van der Waals surface area contributed by atoms with Crippen molar-refractivity contribution < 1.29 is 32.9 Å². The molecule has 0 amide bonds. The monoisotopic (exact) mass is 1510 g/mol. The van der Waals surface area contributed by atoms with Crippen molar-refractivity contribution in [1.29, 1.82) is 0 Å². The summed E-state index contributed by atoms with van der Waals surface area (Å²) in [5.74, 6) is 0.653. The molecule has 4 aromatic heterocycles. The lowest BCUT2D eigenvalue weighted by atomic mass is 9.33. The molecule has 0 radical (unpaired) electrons. The second-order valence-electron chi connectivity index (χ2n) is 31.3. The predicted molar refractivity (Wildman–Crippen MR) is 487 cm³/mol. The van der Waals surface area contributed by atoms with Crippen molar-refractivity contribution in [3.05, 3.63) is 381 Å². The number of aromatic nitrogens is 6. The van der Waals surface area contributed by atoms with Gasteiger partial charge in [0.2, 0.25) is 0 Å². The first kappa shape index (κ1) is 47.8. The zero-order valence-electron chi connectivity index (χ0n) is 87.5. The first-order chi connectivity index (χ1) is 66.8. The summed E-state index contributed by atoms with van der Waals surface area (Å²) in [6, 6.07) is 55.1. The Balaban J connectivity index is 1.02. The lowest BCUT2D eigenvalue weighted by molar-refractivity contribution is 0.590. The molecule has 9 heteroatoms. The Kier molecular flexibility index (Phi) is 11.0. The molecule has 0 aliphatic carbocycles. The second kappa shape index (κ2) is 26.6. The Morgan fingerprint density at radius 2 is 0.534 bits per heavy atom. The highest BCUT2D eigenvalue weighted by molar-refractivity contribution is 7.00. The molecule has 2 aliphatic heterocycles. The van der Waals surface area contributed by atoms with Crippen LogP contribution in [-0.2, 0) is 10.8 Å². The fraction of sp³-hybridized carbons (Fsp3) is 0.0748. The van der Waals surface area contributed by atoms with Crippen LogP contribution in [0.5, 0.6) is 0 Å². The summed E-state index contributed by atoms with van der Waals surface area (Å²) in [6.07, 6.45) is 0. The third kappa shape index (κ3) is 10.9. The first-order valence-corrected chi connectivity index (χ1v) is 38.3. The average molecular weight is 1510 g/mol. The summed E-state index contributed by atoms with van der Waals surface area (Å²) in [5, 5.41) is -1.36. The summed E-state index contributed by atoms with van der Waals surface area (Å²) in [6.45, 7) is 11.4. The van der Waals surface area contributed by atoms with Crippen molar-refractivity contribution in [3.8, 4) is 84.6 Å². The number of anilines is 6. The van der Waals surface area contributed by atoms with Gasteiger partial charge in [0.05, 0.1) is 83.1 Å². The van der Waals surface area contributed by atoms with E-state index in [9.17, 15) is 32.9 Å². The van der Waals surface area contributed by atoms with Gasteiger partial charge in [-0.3, -0.25) is 0 Å². The van der Waals surface area contributed by atoms with Crippen LogP contribution in [0.3, 0.4) is 0 Å². The predicted octanol–water partition coefficient (Wildman–Crippen LogP) is 25.8. The van der Waals surface area contributed by atoms with Gasteiger partial charge < -0.3 is 23.5 Å². The van der Waals surface area contributed by atoms with Gasteiger partial charge in [0.15, 0.2) is 17.5 Å². The minimum Gasteiger partial charge on any atom is -0.310 e. The Morgan fingerprint density at radius 3 is 0.853 bits per heavy atom. The summed E-state index contributed by atoms with van der Waals surface area (Å²) in [4.78, 5) is 20.6. The van der Waals surface area contributed by atoms with E-state index in [0.29, 0.717) is 83.5 Å². The van der Waals surface area contributed by atoms with Crippen LogP contribution in [0.2, 0.25) is 0 Å². The summed E-state index contributed by atoms with van der Waals surface area (Å²) in [5.41, 5.74) is 7.75. The van der Waals surface area contributed by atoms with Crippen LogP contribution in [0.25, 0.3) is 150 Å². The largest absolute Gasteiger partial charge is 0.310 e. The lowest BCUT2D eigenvalue weighted by Gasteiger charge is -2.46. The molecule has 20 aromatic rings. The van der Waals surface area contributed by atoms with Gasteiger partial charge in [0.1, 0.15) is 0 Å². The quantitative estimate of drug-likeness (QED) is 0.121. The van der Waals surface area contributed by atoms with E-state index in [4.69, 9.17) is 15.0 Å². The topological polar surface area (TPSA) is 59.9 Å². The normalized spacial score (nSPS) is 15.6. The highest BCUT2D eigenvalue weighted by atomic mass is 15.2. The molecule has 0 atom stereocenters. The van der Waals surface area contributed by atoms with Crippen LogP contribution in [0.15, 0.2) is 369 Å². The van der Waals surface area contributed by atoms with Crippen molar-refractivity contribution >= 4 is 123 Å². The van der Waals surface area contributed by atoms with E-state index in [1.807, 2.05) is 181 Å². The molecule has 0 bridgehead atoms. The van der Waals surface area contributed by atoms with Gasteiger partial charge in [-0.15, -0.1) is 0 Å². The fourth-order valence-corrected chi connectivity index (χ4v) is 17.1. The van der Waals surface area contributed by atoms with E-state index in [1.54, 1.807) is 30.3 Å². The van der Waals surface area contributed by atoms with E-state index < -0.39 is 163 Å². The molecule has 0 saturated carbocycles. The number of fused-ring (bicyclic) bond motifs is 13. The Hall–Kier alpha value is -14.4. The van der Waals surface area contributed by atoms with Crippen LogP contribution < -0.4 is 26.2 Å². The number of nitrogens with zero attached hydrogens (tertiary/aromatic N) is 8. The second-order valence-corrected chi connectivity index (χ2v) is 31.3. The van der Waals surface area contributed by atoms with E-state index in [1.165, 1.54) is 13.7 Å². The third-order valence-corrected chi connectivity index (χ3v) is 22.5. The minimum atomic E-state index is -1.17. The molecule has 6 heterocycles. The van der Waals surface area contributed by atoms with E-state index >= 15 is 0 Å². The van der Waals surface area contributed by atoms with Gasteiger partial charge in [-0.1, -0.05) is 314 Å². The first-order valence-electron chi connectivity index (χ1n) is 50.3. The van der Waals surface area contributed by atoms with Crippen LogP contribution >= 0.6 is 0 Å². The molecule has 0 N–H and O–H groups in total. The van der Waals surface area contributed by atoms with Gasteiger partial charge in [-0.25, -0.2) is 15.0 Å².